The summed E-state index contributed by atoms with van der Waals surface area (Å²) in [5, 5.41) is 8.65. The minimum atomic E-state index is -0.316. The first kappa shape index (κ1) is 14.9. The average Bonchev–Trinajstić information content (AvgIpc) is 2.90. The molecule has 2 rings (SSSR count). The zero-order chi connectivity index (χ0) is 12.8. The van der Waals surface area contributed by atoms with Gasteiger partial charge in [-0.05, 0) is 17.7 Å². The molecule has 1 N–H and O–H groups in total. The molecule has 0 radical (unpaired) electrons. The highest BCUT2D eigenvalue weighted by Gasteiger charge is 2.06. The van der Waals surface area contributed by atoms with Gasteiger partial charge in [-0.1, -0.05) is 12.1 Å². The van der Waals surface area contributed by atoms with Crippen molar-refractivity contribution in [3.63, 3.8) is 0 Å². The number of H-pyrrole nitrogens is 1. The van der Waals surface area contributed by atoms with Crippen molar-refractivity contribution in [1.29, 1.82) is 5.26 Å². The van der Waals surface area contributed by atoms with Gasteiger partial charge in [0.1, 0.15) is 6.61 Å². The Hall–Kier alpha value is -2.13. The van der Waals surface area contributed by atoms with Gasteiger partial charge in [0.15, 0.2) is 0 Å². The minimum Gasteiger partial charge on any atom is -0.461 e. The van der Waals surface area contributed by atoms with Gasteiger partial charge >= 0.3 is 5.97 Å². The normalized spacial score (nSPS) is 9.21. The van der Waals surface area contributed by atoms with E-state index in [0.29, 0.717) is 5.56 Å². The number of hydrogen-bond donors (Lipinski definition) is 1. The summed E-state index contributed by atoms with van der Waals surface area (Å²) in [4.78, 5) is 18.1. The lowest BCUT2D eigenvalue weighted by Gasteiger charge is -2.04. The number of ether oxygens (including phenoxy) is 1. The van der Waals surface area contributed by atoms with Crippen LogP contribution in [0.15, 0.2) is 36.8 Å². The molecule has 0 spiro atoms. The predicted octanol–water partition coefficient (Wildman–Crippen LogP) is 2.15. The van der Waals surface area contributed by atoms with E-state index in [1.54, 1.807) is 30.5 Å². The molecule has 98 valence electrons. The van der Waals surface area contributed by atoms with Crippen molar-refractivity contribution < 1.29 is 9.53 Å². The molecular weight excluding hydrogens is 310 g/mol. The van der Waals surface area contributed by atoms with Gasteiger partial charge in [0.05, 0.1) is 24.4 Å². The zero-order valence-electron chi connectivity index (χ0n) is 10.00. The third-order valence-corrected chi connectivity index (χ3v) is 2.37. The van der Waals surface area contributed by atoms with Crippen LogP contribution >= 0.6 is 17.0 Å². The fraction of sp³-hybridized carbons (Fsp3) is 0.154. The maximum Gasteiger partial charge on any atom is 0.312 e. The molecule has 0 atom stereocenters. The monoisotopic (exact) mass is 321 g/mol. The van der Waals surface area contributed by atoms with Crippen LogP contribution in [0.5, 0.6) is 0 Å². The molecule has 1 heterocycles. The molecule has 0 aliphatic heterocycles. The molecule has 0 aliphatic rings. The highest BCUT2D eigenvalue weighted by molar-refractivity contribution is 8.93. The molecule has 1 aromatic heterocycles. The van der Waals surface area contributed by atoms with Gasteiger partial charge < -0.3 is 9.72 Å². The number of nitriles is 1. The summed E-state index contributed by atoms with van der Waals surface area (Å²) in [5.41, 5.74) is 2.16. The maximum absolute atomic E-state index is 11.5. The average molecular weight is 322 g/mol. The molecule has 6 heteroatoms. The van der Waals surface area contributed by atoms with E-state index in [0.717, 1.165) is 11.3 Å². The van der Waals surface area contributed by atoms with Crippen LogP contribution in [0, 0.1) is 11.3 Å². The summed E-state index contributed by atoms with van der Waals surface area (Å²) in [6, 6.07) is 8.95. The SMILES string of the molecule is Br.N#Cc1ccc(COC(=O)Cc2cnc[nH]2)cc1. The third-order valence-electron chi connectivity index (χ3n) is 2.37. The Labute approximate surface area is 121 Å². The smallest absolute Gasteiger partial charge is 0.312 e. The quantitative estimate of drug-likeness (QED) is 0.875. The number of aromatic amines is 1. The summed E-state index contributed by atoms with van der Waals surface area (Å²) in [6.45, 7) is 0.207. The van der Waals surface area contributed by atoms with Gasteiger partial charge in [0, 0.05) is 11.9 Å². The number of carbonyl (C=O) groups excluding carboxylic acids is 1. The maximum atomic E-state index is 11.5. The van der Waals surface area contributed by atoms with E-state index in [2.05, 4.69) is 9.97 Å². The van der Waals surface area contributed by atoms with Crippen LogP contribution in [0.3, 0.4) is 0 Å². The van der Waals surface area contributed by atoms with E-state index in [-0.39, 0.29) is 36.0 Å². The van der Waals surface area contributed by atoms with E-state index in [9.17, 15) is 4.79 Å². The first-order chi connectivity index (χ1) is 8.78. The molecule has 0 saturated carbocycles. The molecule has 0 bridgehead atoms. The summed E-state index contributed by atoms with van der Waals surface area (Å²) in [7, 11) is 0. The van der Waals surface area contributed by atoms with E-state index in [4.69, 9.17) is 10.00 Å². The second kappa shape index (κ2) is 7.34. The lowest BCUT2D eigenvalue weighted by molar-refractivity contribution is -0.144. The van der Waals surface area contributed by atoms with Crippen molar-refractivity contribution >= 4 is 23.0 Å². The molecule has 0 saturated heterocycles. The highest BCUT2D eigenvalue weighted by Crippen LogP contribution is 2.05. The van der Waals surface area contributed by atoms with Crippen LogP contribution in [0.2, 0.25) is 0 Å². The summed E-state index contributed by atoms with van der Waals surface area (Å²) in [5.74, 6) is -0.316. The van der Waals surface area contributed by atoms with Gasteiger partial charge in [0.25, 0.3) is 0 Å². The van der Waals surface area contributed by atoms with E-state index < -0.39 is 0 Å². The van der Waals surface area contributed by atoms with Crippen molar-refractivity contribution in [1.82, 2.24) is 9.97 Å². The van der Waals surface area contributed by atoms with Crippen LogP contribution in [0.1, 0.15) is 16.8 Å². The summed E-state index contributed by atoms with van der Waals surface area (Å²) < 4.78 is 5.11. The van der Waals surface area contributed by atoms with Crippen LogP contribution in [-0.2, 0) is 22.6 Å². The van der Waals surface area contributed by atoms with Crippen molar-refractivity contribution in [2.24, 2.45) is 0 Å². The van der Waals surface area contributed by atoms with Crippen LogP contribution in [0.4, 0.5) is 0 Å². The predicted molar refractivity (Wildman–Crippen MR) is 73.6 cm³/mol. The Balaban J connectivity index is 0.00000180. The Kier molecular flexibility index (Phi) is 5.76. The number of benzene rings is 1. The lowest BCUT2D eigenvalue weighted by atomic mass is 10.2. The molecule has 5 nitrogen and oxygen atoms in total. The van der Waals surface area contributed by atoms with Crippen LogP contribution in [-0.4, -0.2) is 15.9 Å². The Bertz CT molecular complexity index is 559. The Morgan fingerprint density at radius 3 is 2.68 bits per heavy atom. The number of nitrogens with one attached hydrogen (secondary N) is 1. The number of aromatic nitrogens is 2. The number of nitrogens with zero attached hydrogens (tertiary/aromatic N) is 2. The van der Waals surface area contributed by atoms with E-state index >= 15 is 0 Å². The number of carbonyl (C=O) groups is 1. The highest BCUT2D eigenvalue weighted by atomic mass is 79.9. The van der Waals surface area contributed by atoms with Crippen molar-refractivity contribution in [2.45, 2.75) is 13.0 Å². The Morgan fingerprint density at radius 2 is 2.11 bits per heavy atom. The second-order valence-electron chi connectivity index (χ2n) is 3.72. The fourth-order valence-electron chi connectivity index (χ4n) is 1.43. The first-order valence-electron chi connectivity index (χ1n) is 5.40. The van der Waals surface area contributed by atoms with Crippen molar-refractivity contribution in [3.05, 3.63) is 53.6 Å². The molecule has 0 aliphatic carbocycles. The second-order valence-corrected chi connectivity index (χ2v) is 3.72. The van der Waals surface area contributed by atoms with E-state index in [1.165, 1.54) is 6.33 Å². The van der Waals surface area contributed by atoms with Gasteiger partial charge in [0.2, 0.25) is 0 Å². The van der Waals surface area contributed by atoms with E-state index in [1.807, 2.05) is 6.07 Å². The van der Waals surface area contributed by atoms with Gasteiger partial charge in [-0.25, -0.2) is 4.98 Å². The summed E-state index contributed by atoms with van der Waals surface area (Å²) in [6.07, 6.45) is 3.28. The number of rotatable bonds is 4. The number of halogens is 1. The molecule has 0 amide bonds. The topological polar surface area (TPSA) is 78.8 Å². The first-order valence-corrected chi connectivity index (χ1v) is 5.40. The van der Waals surface area contributed by atoms with Gasteiger partial charge in [-0.3, -0.25) is 4.79 Å². The molecule has 0 fully saturated rings. The number of imidazole rings is 1. The van der Waals surface area contributed by atoms with Crippen molar-refractivity contribution in [3.8, 4) is 6.07 Å². The molecule has 1 aromatic carbocycles. The largest absolute Gasteiger partial charge is 0.461 e. The lowest BCUT2D eigenvalue weighted by Crippen LogP contribution is -2.08. The molecule has 19 heavy (non-hydrogen) atoms. The summed E-state index contributed by atoms with van der Waals surface area (Å²) >= 11 is 0. The zero-order valence-corrected chi connectivity index (χ0v) is 11.7. The van der Waals surface area contributed by atoms with Gasteiger partial charge in [-0.15, -0.1) is 17.0 Å². The molecular formula is C13H12BrN3O2. The Morgan fingerprint density at radius 1 is 1.37 bits per heavy atom. The van der Waals surface area contributed by atoms with Gasteiger partial charge in [-0.2, -0.15) is 5.26 Å². The molecule has 0 unspecified atom stereocenters. The standard InChI is InChI=1S/C13H11N3O2.BrH/c14-6-10-1-3-11(4-2-10)8-18-13(17)5-12-7-15-9-16-12;/h1-4,7,9H,5,8H2,(H,15,16);1H. The molecule has 2 aromatic rings. The third kappa shape index (κ3) is 4.56. The minimum absolute atomic E-state index is 0. The number of hydrogen-bond acceptors (Lipinski definition) is 4. The van der Waals surface area contributed by atoms with Crippen molar-refractivity contribution in [2.75, 3.05) is 0 Å². The fourth-order valence-corrected chi connectivity index (χ4v) is 1.43. The van der Waals surface area contributed by atoms with Crippen LogP contribution in [0.25, 0.3) is 0 Å². The van der Waals surface area contributed by atoms with Crippen LogP contribution < -0.4 is 0 Å². The number of esters is 1.